The van der Waals surface area contributed by atoms with Crippen LogP contribution in [0.5, 0.6) is 0 Å². The van der Waals surface area contributed by atoms with Crippen molar-refractivity contribution in [2.24, 2.45) is 5.92 Å². The summed E-state index contributed by atoms with van der Waals surface area (Å²) in [6, 6.07) is 4.05. The number of nitrogens with one attached hydrogen (secondary N) is 2. The molecule has 0 radical (unpaired) electrons. The molecule has 2 aliphatic rings. The minimum Gasteiger partial charge on any atom is -0.356 e. The molecule has 3 heterocycles. The van der Waals surface area contributed by atoms with Crippen molar-refractivity contribution in [3.8, 4) is 11.1 Å². The number of rotatable bonds is 8. The van der Waals surface area contributed by atoms with Gasteiger partial charge in [-0.15, -0.1) is 0 Å². The molecule has 2 N–H and O–H groups in total. The Kier molecular flexibility index (Phi) is 6.77. The van der Waals surface area contributed by atoms with Crippen LogP contribution in [0.25, 0.3) is 11.1 Å². The van der Waals surface area contributed by atoms with Gasteiger partial charge in [0.25, 0.3) is 0 Å². The molecule has 0 aromatic carbocycles. The molecular formula is C23H31N5O2. The zero-order valence-electron chi connectivity index (χ0n) is 17.5. The lowest BCUT2D eigenvalue weighted by Crippen LogP contribution is -2.32. The summed E-state index contributed by atoms with van der Waals surface area (Å²) >= 11 is 0. The van der Waals surface area contributed by atoms with Crippen LogP contribution in [-0.2, 0) is 9.59 Å². The fraction of sp³-hybridized carbons (Fsp3) is 0.565. The fourth-order valence-corrected chi connectivity index (χ4v) is 4.74. The van der Waals surface area contributed by atoms with Crippen molar-refractivity contribution in [3.63, 3.8) is 0 Å². The van der Waals surface area contributed by atoms with E-state index in [2.05, 4.69) is 20.5 Å². The van der Waals surface area contributed by atoms with Crippen LogP contribution in [0.4, 0.5) is 0 Å². The number of carbonyl (C=O) groups is 2. The van der Waals surface area contributed by atoms with Crippen LogP contribution < -0.4 is 5.32 Å². The van der Waals surface area contributed by atoms with Crippen LogP contribution in [0.15, 0.2) is 30.7 Å². The molecule has 2 aromatic rings. The lowest BCUT2D eigenvalue weighted by atomic mass is 9.79. The largest absolute Gasteiger partial charge is 0.356 e. The van der Waals surface area contributed by atoms with E-state index in [0.29, 0.717) is 31.2 Å². The lowest BCUT2D eigenvalue weighted by molar-refractivity contribution is -0.128. The molecule has 1 aliphatic heterocycles. The Morgan fingerprint density at radius 2 is 2.00 bits per heavy atom. The van der Waals surface area contributed by atoms with E-state index in [1.165, 1.54) is 11.3 Å². The average Bonchev–Trinajstić information content (AvgIpc) is 3.43. The molecule has 0 atom stereocenters. The third-order valence-electron chi connectivity index (χ3n) is 6.51. The lowest BCUT2D eigenvalue weighted by Gasteiger charge is -2.28. The third-order valence-corrected chi connectivity index (χ3v) is 6.51. The van der Waals surface area contributed by atoms with Gasteiger partial charge in [0.05, 0.1) is 6.20 Å². The maximum atomic E-state index is 12.2. The Labute approximate surface area is 177 Å². The second-order valence-electron chi connectivity index (χ2n) is 8.54. The van der Waals surface area contributed by atoms with Crippen LogP contribution in [0.3, 0.4) is 0 Å². The molecule has 30 heavy (non-hydrogen) atoms. The number of hydrogen-bond donors (Lipinski definition) is 2. The molecule has 160 valence electrons. The third kappa shape index (κ3) is 5.07. The predicted octanol–water partition coefficient (Wildman–Crippen LogP) is 3.26. The van der Waals surface area contributed by atoms with Crippen molar-refractivity contribution < 1.29 is 9.59 Å². The predicted molar refractivity (Wildman–Crippen MR) is 115 cm³/mol. The zero-order valence-corrected chi connectivity index (χ0v) is 17.5. The van der Waals surface area contributed by atoms with Gasteiger partial charge in [-0.25, -0.2) is 0 Å². The Morgan fingerprint density at radius 1 is 1.20 bits per heavy atom. The summed E-state index contributed by atoms with van der Waals surface area (Å²) in [6.07, 6.45) is 12.9. The smallest absolute Gasteiger partial charge is 0.222 e. The maximum absolute atomic E-state index is 12.2. The van der Waals surface area contributed by atoms with E-state index >= 15 is 0 Å². The minimum atomic E-state index is 0.109. The molecule has 1 aliphatic carbocycles. The Hall–Kier alpha value is -2.70. The molecule has 4 rings (SSSR count). The average molecular weight is 410 g/mol. The van der Waals surface area contributed by atoms with Crippen molar-refractivity contribution in [2.75, 3.05) is 19.6 Å². The van der Waals surface area contributed by atoms with E-state index in [-0.39, 0.29) is 11.8 Å². The fourth-order valence-electron chi connectivity index (χ4n) is 4.74. The van der Waals surface area contributed by atoms with Crippen LogP contribution in [0, 0.1) is 5.92 Å². The van der Waals surface area contributed by atoms with Crippen molar-refractivity contribution in [3.05, 3.63) is 36.4 Å². The summed E-state index contributed by atoms with van der Waals surface area (Å²) in [7, 11) is 0. The van der Waals surface area contributed by atoms with E-state index in [9.17, 15) is 9.59 Å². The van der Waals surface area contributed by atoms with Crippen molar-refractivity contribution in [1.29, 1.82) is 0 Å². The second kappa shape index (κ2) is 9.87. The quantitative estimate of drug-likeness (QED) is 0.700. The first-order chi connectivity index (χ1) is 14.7. The number of aromatic amines is 1. The SMILES string of the molecule is O=C(CCCN1CCCC1=O)NCC1CCC(c2[nH]ncc2-c2ccncc2)CC1. The van der Waals surface area contributed by atoms with Gasteiger partial charge in [-0.2, -0.15) is 5.10 Å². The summed E-state index contributed by atoms with van der Waals surface area (Å²) in [6.45, 7) is 2.32. The molecule has 0 spiro atoms. The Balaban J connectivity index is 1.18. The van der Waals surface area contributed by atoms with Crippen LogP contribution in [0.1, 0.15) is 63.0 Å². The normalized spacial score (nSPS) is 21.7. The summed E-state index contributed by atoms with van der Waals surface area (Å²) in [5.74, 6) is 1.37. The molecule has 2 amide bonds. The van der Waals surface area contributed by atoms with Crippen LogP contribution >= 0.6 is 0 Å². The molecule has 0 unspecified atom stereocenters. The van der Waals surface area contributed by atoms with Crippen LogP contribution in [-0.4, -0.2) is 51.5 Å². The van der Waals surface area contributed by atoms with E-state index in [1.54, 1.807) is 0 Å². The second-order valence-corrected chi connectivity index (χ2v) is 8.54. The number of hydrogen-bond acceptors (Lipinski definition) is 4. The molecule has 1 saturated carbocycles. The van der Waals surface area contributed by atoms with E-state index in [0.717, 1.165) is 57.2 Å². The van der Waals surface area contributed by atoms with Gasteiger partial charge in [0.1, 0.15) is 0 Å². The molecular weight excluding hydrogens is 378 g/mol. The monoisotopic (exact) mass is 409 g/mol. The van der Waals surface area contributed by atoms with Gasteiger partial charge in [0.15, 0.2) is 0 Å². The van der Waals surface area contributed by atoms with Crippen molar-refractivity contribution in [2.45, 2.75) is 57.3 Å². The number of nitrogens with zero attached hydrogens (tertiary/aromatic N) is 3. The van der Waals surface area contributed by atoms with Gasteiger partial charge in [0.2, 0.25) is 11.8 Å². The minimum absolute atomic E-state index is 0.109. The molecule has 7 nitrogen and oxygen atoms in total. The first-order valence-corrected chi connectivity index (χ1v) is 11.2. The summed E-state index contributed by atoms with van der Waals surface area (Å²) in [5, 5.41) is 10.6. The molecule has 2 fully saturated rings. The van der Waals surface area contributed by atoms with E-state index in [1.807, 2.05) is 35.6 Å². The number of likely N-dealkylation sites (tertiary alicyclic amines) is 1. The van der Waals surface area contributed by atoms with Gasteiger partial charge in [-0.1, -0.05) is 0 Å². The van der Waals surface area contributed by atoms with Gasteiger partial charge in [-0.3, -0.25) is 19.7 Å². The van der Waals surface area contributed by atoms with E-state index in [4.69, 9.17) is 0 Å². The summed E-state index contributed by atoms with van der Waals surface area (Å²) < 4.78 is 0. The van der Waals surface area contributed by atoms with Gasteiger partial charge in [0, 0.05) is 62.0 Å². The molecule has 1 saturated heterocycles. The standard InChI is InChI=1S/C23H31N5O2/c29-21(3-1-13-28-14-2-4-22(28)30)25-15-17-5-7-19(8-6-17)23-20(16-26-27-23)18-9-11-24-12-10-18/h9-12,16-17,19H,1-8,13-15H2,(H,25,29)(H,26,27). The van der Waals surface area contributed by atoms with E-state index < -0.39 is 0 Å². The molecule has 7 heteroatoms. The van der Waals surface area contributed by atoms with Crippen LogP contribution in [0.2, 0.25) is 0 Å². The molecule has 0 bridgehead atoms. The Bertz CT molecular complexity index is 842. The Morgan fingerprint density at radius 3 is 2.73 bits per heavy atom. The maximum Gasteiger partial charge on any atom is 0.222 e. The van der Waals surface area contributed by atoms with Gasteiger partial charge < -0.3 is 10.2 Å². The number of carbonyl (C=O) groups excluding carboxylic acids is 2. The number of H-pyrrole nitrogens is 1. The number of amides is 2. The highest BCUT2D eigenvalue weighted by atomic mass is 16.2. The topological polar surface area (TPSA) is 91.0 Å². The first kappa shape index (κ1) is 20.6. The van der Waals surface area contributed by atoms with Crippen molar-refractivity contribution >= 4 is 11.8 Å². The zero-order chi connectivity index (χ0) is 20.8. The molecule has 2 aromatic heterocycles. The highest BCUT2D eigenvalue weighted by Gasteiger charge is 2.26. The number of pyridine rings is 1. The highest BCUT2D eigenvalue weighted by Crippen LogP contribution is 2.38. The van der Waals surface area contributed by atoms with Gasteiger partial charge >= 0.3 is 0 Å². The summed E-state index contributed by atoms with van der Waals surface area (Å²) in [5.41, 5.74) is 3.55. The first-order valence-electron chi connectivity index (χ1n) is 11.2. The van der Waals surface area contributed by atoms with Crippen molar-refractivity contribution in [1.82, 2.24) is 25.4 Å². The van der Waals surface area contributed by atoms with Gasteiger partial charge in [-0.05, 0) is 62.1 Å². The highest BCUT2D eigenvalue weighted by molar-refractivity contribution is 5.78. The number of aromatic nitrogens is 3. The summed E-state index contributed by atoms with van der Waals surface area (Å²) in [4.78, 5) is 29.8.